The second kappa shape index (κ2) is 6.45. The number of nitrogen functional groups attached to an aromatic ring is 1. The van der Waals surface area contributed by atoms with Gasteiger partial charge in [-0.1, -0.05) is 0 Å². The first-order chi connectivity index (χ1) is 10.0. The fourth-order valence-corrected chi connectivity index (χ4v) is 2.46. The highest BCUT2D eigenvalue weighted by Gasteiger charge is 2.17. The lowest BCUT2D eigenvalue weighted by Gasteiger charge is -2.17. The van der Waals surface area contributed by atoms with Gasteiger partial charge in [-0.15, -0.1) is 11.3 Å². The Bertz CT molecular complexity index is 642. The number of aromatic nitrogens is 1. The average molecular weight is 307 g/mol. The summed E-state index contributed by atoms with van der Waals surface area (Å²) in [5.74, 6) is 1.10. The van der Waals surface area contributed by atoms with Crippen molar-refractivity contribution >= 4 is 22.4 Å². The average Bonchev–Trinajstić information content (AvgIpc) is 2.93. The van der Waals surface area contributed by atoms with Crippen LogP contribution in [0.15, 0.2) is 23.6 Å². The monoisotopic (exact) mass is 307 g/mol. The second-order valence-electron chi connectivity index (χ2n) is 4.37. The fraction of sp³-hybridized carbons (Fsp3) is 0.286. The van der Waals surface area contributed by atoms with Crippen LogP contribution in [0.2, 0.25) is 0 Å². The number of benzene rings is 1. The van der Waals surface area contributed by atoms with Crippen LogP contribution in [0.1, 0.15) is 29.0 Å². The number of rotatable bonds is 5. The van der Waals surface area contributed by atoms with Gasteiger partial charge in [-0.05, 0) is 25.1 Å². The van der Waals surface area contributed by atoms with Crippen LogP contribution in [0.3, 0.4) is 0 Å². The Hall–Kier alpha value is -2.28. The lowest BCUT2D eigenvalue weighted by Crippen LogP contribution is -2.27. The van der Waals surface area contributed by atoms with Gasteiger partial charge in [-0.2, -0.15) is 0 Å². The van der Waals surface area contributed by atoms with Crippen LogP contribution in [-0.2, 0) is 0 Å². The molecule has 0 aliphatic heterocycles. The van der Waals surface area contributed by atoms with E-state index in [-0.39, 0.29) is 11.9 Å². The summed E-state index contributed by atoms with van der Waals surface area (Å²) >= 11 is 1.23. The third kappa shape index (κ3) is 3.43. The van der Waals surface area contributed by atoms with E-state index in [4.69, 9.17) is 15.2 Å². The number of methoxy groups -OCH3 is 2. The molecule has 0 spiro atoms. The summed E-state index contributed by atoms with van der Waals surface area (Å²) < 4.78 is 10.5. The minimum Gasteiger partial charge on any atom is -0.497 e. The molecular formula is C14H17N3O3S. The number of hydrogen-bond acceptors (Lipinski definition) is 6. The smallest absolute Gasteiger partial charge is 0.271 e. The van der Waals surface area contributed by atoms with Crippen molar-refractivity contribution in [1.82, 2.24) is 10.3 Å². The zero-order chi connectivity index (χ0) is 15.4. The predicted molar refractivity (Wildman–Crippen MR) is 82.0 cm³/mol. The Morgan fingerprint density at radius 1 is 1.38 bits per heavy atom. The van der Waals surface area contributed by atoms with E-state index in [0.29, 0.717) is 22.3 Å². The number of nitrogens with zero attached hydrogens (tertiary/aromatic N) is 1. The molecule has 1 amide bonds. The number of ether oxygens (including phenoxy) is 2. The minimum absolute atomic E-state index is 0.259. The highest BCUT2D eigenvalue weighted by atomic mass is 32.1. The number of nitrogens with two attached hydrogens (primary N) is 1. The Morgan fingerprint density at radius 3 is 2.71 bits per heavy atom. The van der Waals surface area contributed by atoms with Crippen molar-refractivity contribution in [3.8, 4) is 11.5 Å². The van der Waals surface area contributed by atoms with Gasteiger partial charge in [0.15, 0.2) is 5.13 Å². The number of nitrogens with one attached hydrogen (secondary N) is 1. The first kappa shape index (κ1) is 15.1. The summed E-state index contributed by atoms with van der Waals surface area (Å²) in [6.07, 6.45) is 0. The third-order valence-corrected chi connectivity index (χ3v) is 3.68. The summed E-state index contributed by atoms with van der Waals surface area (Å²) in [4.78, 5) is 16.1. The van der Waals surface area contributed by atoms with Crippen molar-refractivity contribution in [2.45, 2.75) is 13.0 Å². The maximum atomic E-state index is 12.1. The van der Waals surface area contributed by atoms with Crippen molar-refractivity contribution in [3.63, 3.8) is 0 Å². The molecule has 3 N–H and O–H groups in total. The summed E-state index contributed by atoms with van der Waals surface area (Å²) in [5, 5.41) is 4.86. The van der Waals surface area contributed by atoms with Crippen LogP contribution in [0.4, 0.5) is 5.13 Å². The summed E-state index contributed by atoms with van der Waals surface area (Å²) in [6.45, 7) is 1.87. The Labute approximate surface area is 126 Å². The molecule has 1 atom stereocenters. The molecule has 1 unspecified atom stereocenters. The molecule has 7 heteroatoms. The maximum absolute atomic E-state index is 12.1. The van der Waals surface area contributed by atoms with Crippen molar-refractivity contribution in [1.29, 1.82) is 0 Å². The number of carbonyl (C=O) groups is 1. The van der Waals surface area contributed by atoms with Crippen LogP contribution in [0.25, 0.3) is 0 Å². The van der Waals surface area contributed by atoms with E-state index in [0.717, 1.165) is 5.56 Å². The first-order valence-corrected chi connectivity index (χ1v) is 7.17. The van der Waals surface area contributed by atoms with E-state index >= 15 is 0 Å². The Morgan fingerprint density at radius 2 is 2.14 bits per heavy atom. The van der Waals surface area contributed by atoms with Gasteiger partial charge in [-0.3, -0.25) is 4.79 Å². The van der Waals surface area contributed by atoms with Gasteiger partial charge in [-0.25, -0.2) is 4.98 Å². The molecule has 1 heterocycles. The van der Waals surface area contributed by atoms with E-state index in [9.17, 15) is 4.79 Å². The van der Waals surface area contributed by atoms with Crippen LogP contribution in [-0.4, -0.2) is 25.1 Å². The topological polar surface area (TPSA) is 86.5 Å². The van der Waals surface area contributed by atoms with E-state index < -0.39 is 0 Å². The number of anilines is 1. The highest BCUT2D eigenvalue weighted by Crippen LogP contribution is 2.29. The van der Waals surface area contributed by atoms with Crippen molar-refractivity contribution < 1.29 is 14.3 Å². The number of carbonyl (C=O) groups excluding carboxylic acids is 1. The lowest BCUT2D eigenvalue weighted by atomic mass is 10.1. The first-order valence-electron chi connectivity index (χ1n) is 6.29. The van der Waals surface area contributed by atoms with Crippen molar-refractivity contribution in [3.05, 3.63) is 34.8 Å². The van der Waals surface area contributed by atoms with Crippen LogP contribution in [0.5, 0.6) is 11.5 Å². The van der Waals surface area contributed by atoms with Gasteiger partial charge in [0.05, 0.1) is 20.3 Å². The number of amides is 1. The molecule has 1 aromatic heterocycles. The predicted octanol–water partition coefficient (Wildman–Crippen LogP) is 2.23. The van der Waals surface area contributed by atoms with Crippen LogP contribution >= 0.6 is 11.3 Å². The van der Waals surface area contributed by atoms with E-state index in [2.05, 4.69) is 10.3 Å². The highest BCUT2D eigenvalue weighted by molar-refractivity contribution is 7.13. The Balaban J connectivity index is 2.19. The summed E-state index contributed by atoms with van der Waals surface area (Å²) in [6, 6.07) is 5.18. The van der Waals surface area contributed by atoms with Crippen LogP contribution < -0.4 is 20.5 Å². The molecule has 112 valence electrons. The lowest BCUT2D eigenvalue weighted by molar-refractivity contribution is 0.0935. The zero-order valence-corrected chi connectivity index (χ0v) is 12.9. The molecule has 2 rings (SSSR count). The molecule has 0 fully saturated rings. The zero-order valence-electron chi connectivity index (χ0n) is 12.0. The summed E-state index contributed by atoms with van der Waals surface area (Å²) in [7, 11) is 3.17. The fourth-order valence-electron chi connectivity index (χ4n) is 1.92. The molecule has 1 aromatic carbocycles. The Kier molecular flexibility index (Phi) is 4.64. The minimum atomic E-state index is -0.277. The van der Waals surface area contributed by atoms with Crippen LogP contribution in [0, 0.1) is 0 Å². The molecule has 0 saturated carbocycles. The maximum Gasteiger partial charge on any atom is 0.271 e. The molecule has 0 saturated heterocycles. The molecule has 2 aromatic rings. The van der Waals surface area contributed by atoms with Gasteiger partial charge in [0.1, 0.15) is 17.2 Å². The van der Waals surface area contributed by atoms with Gasteiger partial charge in [0.2, 0.25) is 0 Å². The number of thiazole rings is 1. The standard InChI is InChI=1S/C14H17N3O3S/c1-8(16-13(18)11-7-21-14(15)17-11)10-6-9(19-2)4-5-12(10)20-3/h4-8H,1-3H3,(H2,15,17)(H,16,18). The van der Waals surface area contributed by atoms with E-state index in [1.54, 1.807) is 31.7 Å². The van der Waals surface area contributed by atoms with E-state index in [1.807, 2.05) is 13.0 Å². The van der Waals surface area contributed by atoms with Gasteiger partial charge in [0, 0.05) is 10.9 Å². The molecule has 0 radical (unpaired) electrons. The molecule has 0 aliphatic carbocycles. The van der Waals surface area contributed by atoms with Gasteiger partial charge < -0.3 is 20.5 Å². The molecule has 0 aliphatic rings. The largest absolute Gasteiger partial charge is 0.497 e. The third-order valence-electron chi connectivity index (χ3n) is 3.01. The molecular weight excluding hydrogens is 290 g/mol. The SMILES string of the molecule is COc1ccc(OC)c(C(C)NC(=O)c2csc(N)n2)c1. The number of hydrogen-bond donors (Lipinski definition) is 2. The second-order valence-corrected chi connectivity index (χ2v) is 5.26. The summed E-state index contributed by atoms with van der Waals surface area (Å²) in [5.41, 5.74) is 6.67. The van der Waals surface area contributed by atoms with Gasteiger partial charge >= 0.3 is 0 Å². The molecule has 21 heavy (non-hydrogen) atoms. The molecule has 6 nitrogen and oxygen atoms in total. The van der Waals surface area contributed by atoms with Crippen molar-refractivity contribution in [2.24, 2.45) is 0 Å². The van der Waals surface area contributed by atoms with Gasteiger partial charge in [0.25, 0.3) is 5.91 Å². The molecule has 0 bridgehead atoms. The quantitative estimate of drug-likeness (QED) is 0.884. The normalized spacial score (nSPS) is 11.8. The van der Waals surface area contributed by atoms with E-state index in [1.165, 1.54) is 11.3 Å². The van der Waals surface area contributed by atoms with Crippen molar-refractivity contribution in [2.75, 3.05) is 20.0 Å².